The number of halogens is 2. The van der Waals surface area contributed by atoms with E-state index in [0.29, 0.717) is 17.5 Å². The van der Waals surface area contributed by atoms with Crippen molar-refractivity contribution in [1.82, 2.24) is 4.98 Å². The predicted octanol–water partition coefficient (Wildman–Crippen LogP) is 2.71. The van der Waals surface area contributed by atoms with Gasteiger partial charge in [0.1, 0.15) is 0 Å². The molecule has 1 saturated heterocycles. The second kappa shape index (κ2) is 9.84. The van der Waals surface area contributed by atoms with Gasteiger partial charge < -0.3 is 19.3 Å². The molecule has 2 heterocycles. The molecule has 1 aromatic heterocycles. The number of carbonyl (C=O) groups is 3. The number of aliphatic hydroxyl groups is 1. The summed E-state index contributed by atoms with van der Waals surface area (Å²) in [4.78, 5) is 36.9. The largest absolute Gasteiger partial charge is 0.458 e. The lowest BCUT2D eigenvalue weighted by Crippen LogP contribution is -2.59. The van der Waals surface area contributed by atoms with Crippen molar-refractivity contribution in [2.45, 2.75) is 44.0 Å². The summed E-state index contributed by atoms with van der Waals surface area (Å²) in [5.74, 6) is -5.23. The highest BCUT2D eigenvalue weighted by atomic mass is 32.2. The highest BCUT2D eigenvalue weighted by Gasteiger charge is 2.57. The average Bonchev–Trinajstić information content (AvgIpc) is 2.74. The Morgan fingerprint density at radius 3 is 2.30 bits per heavy atom. The molecule has 1 aliphatic heterocycles. The van der Waals surface area contributed by atoms with Gasteiger partial charge in [-0.3, -0.25) is 19.4 Å². The summed E-state index contributed by atoms with van der Waals surface area (Å²) in [6, 6.07) is 6.96. The molecule has 2 aromatic rings. The average molecular weight is 481 g/mol. The van der Waals surface area contributed by atoms with E-state index in [4.69, 9.17) is 14.2 Å². The molecule has 1 aliphatic rings. The maximum absolute atomic E-state index is 15.0. The second-order valence-electron chi connectivity index (χ2n) is 7.29. The van der Waals surface area contributed by atoms with Crippen LogP contribution >= 0.6 is 11.8 Å². The summed E-state index contributed by atoms with van der Waals surface area (Å²) < 4.78 is 45.3. The van der Waals surface area contributed by atoms with E-state index in [1.54, 1.807) is 18.2 Å². The predicted molar refractivity (Wildman–Crippen MR) is 113 cm³/mol. The van der Waals surface area contributed by atoms with Crippen molar-refractivity contribution in [3.63, 3.8) is 0 Å². The van der Waals surface area contributed by atoms with Crippen molar-refractivity contribution >= 4 is 29.7 Å². The number of pyridine rings is 1. The molecule has 0 spiro atoms. The molecule has 0 saturated carbocycles. The molecule has 3 rings (SSSR count). The van der Waals surface area contributed by atoms with Crippen LogP contribution in [-0.4, -0.2) is 52.1 Å². The zero-order valence-corrected chi connectivity index (χ0v) is 18.7. The fraction of sp³-hybridized carbons (Fsp3) is 0.364. The van der Waals surface area contributed by atoms with E-state index in [-0.39, 0.29) is 11.3 Å². The molecule has 1 N–H and O–H groups in total. The molecule has 33 heavy (non-hydrogen) atoms. The Kier molecular flexibility index (Phi) is 7.33. The summed E-state index contributed by atoms with van der Waals surface area (Å²) in [5, 5.41) is 11.6. The molecule has 1 fully saturated rings. The fourth-order valence-corrected chi connectivity index (χ4v) is 4.86. The van der Waals surface area contributed by atoms with Crippen LogP contribution in [0.3, 0.4) is 0 Å². The summed E-state index contributed by atoms with van der Waals surface area (Å²) in [6.07, 6.45) is -2.87. The van der Waals surface area contributed by atoms with Crippen molar-refractivity contribution in [3.8, 4) is 11.3 Å². The molecule has 1 aromatic carbocycles. The van der Waals surface area contributed by atoms with Crippen molar-refractivity contribution < 1.29 is 42.5 Å². The van der Waals surface area contributed by atoms with E-state index in [2.05, 4.69) is 4.98 Å². The first-order valence-corrected chi connectivity index (χ1v) is 10.8. The number of rotatable bonds is 5. The molecule has 11 heteroatoms. The van der Waals surface area contributed by atoms with E-state index in [0.717, 1.165) is 26.8 Å². The summed E-state index contributed by atoms with van der Waals surface area (Å²) in [5.41, 5.74) is -0.0792. The summed E-state index contributed by atoms with van der Waals surface area (Å²) in [6.45, 7) is 3.23. The second-order valence-corrected chi connectivity index (χ2v) is 8.54. The van der Waals surface area contributed by atoms with Gasteiger partial charge in [-0.05, 0) is 24.3 Å². The topological polar surface area (TPSA) is 112 Å². The minimum atomic E-state index is -2.39. The van der Waals surface area contributed by atoms with Crippen LogP contribution in [0.15, 0.2) is 36.5 Å². The number of benzene rings is 1. The number of hydrogen-bond donors (Lipinski definition) is 1. The van der Waals surface area contributed by atoms with Crippen molar-refractivity contribution in [3.05, 3.63) is 53.7 Å². The lowest BCUT2D eigenvalue weighted by molar-refractivity contribution is -0.198. The van der Waals surface area contributed by atoms with E-state index in [1.165, 1.54) is 12.3 Å². The van der Waals surface area contributed by atoms with E-state index in [9.17, 15) is 23.9 Å². The highest BCUT2D eigenvalue weighted by Crippen LogP contribution is 2.48. The van der Waals surface area contributed by atoms with Crippen molar-refractivity contribution in [2.75, 3.05) is 5.75 Å². The number of nitrogens with zero attached hydrogens (tertiary/aromatic N) is 1. The van der Waals surface area contributed by atoms with Gasteiger partial charge in [0.05, 0.1) is 5.69 Å². The molecule has 4 atom stereocenters. The molecular formula is C22H21F2NO7S. The SMILES string of the molecule is CC(=O)O[C@@H]1[C@@H](OC(C)=O)[C@@](O)(c2cc(-c3ccccn3)cc(F)c2F)SC[C@H]1OC(C)=O. The van der Waals surface area contributed by atoms with Crippen LogP contribution in [0.5, 0.6) is 0 Å². The molecular weight excluding hydrogens is 460 g/mol. The van der Waals surface area contributed by atoms with Gasteiger partial charge in [-0.25, -0.2) is 8.78 Å². The van der Waals surface area contributed by atoms with Gasteiger partial charge in [0.15, 0.2) is 34.9 Å². The Morgan fingerprint density at radius 1 is 1.06 bits per heavy atom. The lowest BCUT2D eigenvalue weighted by atomic mass is 9.93. The Hall–Kier alpha value is -3.05. The van der Waals surface area contributed by atoms with Crippen LogP contribution in [0, 0.1) is 11.6 Å². The maximum atomic E-state index is 15.0. The smallest absolute Gasteiger partial charge is 0.303 e. The third-order valence-electron chi connectivity index (χ3n) is 4.81. The zero-order chi connectivity index (χ0) is 24.3. The third-order valence-corrected chi connectivity index (χ3v) is 6.19. The van der Waals surface area contributed by atoms with E-state index < -0.39 is 58.4 Å². The van der Waals surface area contributed by atoms with Crippen LogP contribution in [-0.2, 0) is 33.5 Å². The minimum Gasteiger partial charge on any atom is -0.458 e. The van der Waals surface area contributed by atoms with Gasteiger partial charge in [0, 0.05) is 43.8 Å². The molecule has 0 unspecified atom stereocenters. The summed E-state index contributed by atoms with van der Waals surface area (Å²) in [7, 11) is 0. The number of hydrogen-bond acceptors (Lipinski definition) is 9. The van der Waals surface area contributed by atoms with E-state index in [1.807, 2.05) is 0 Å². The van der Waals surface area contributed by atoms with Gasteiger partial charge in [0.2, 0.25) is 0 Å². The number of ether oxygens (including phenoxy) is 3. The Labute approximate surface area is 192 Å². The van der Waals surface area contributed by atoms with Crippen LogP contribution in [0.25, 0.3) is 11.3 Å². The lowest BCUT2D eigenvalue weighted by Gasteiger charge is -2.45. The number of thioether (sulfide) groups is 1. The van der Waals surface area contributed by atoms with Gasteiger partial charge in [0.25, 0.3) is 0 Å². The van der Waals surface area contributed by atoms with Crippen LogP contribution in [0.4, 0.5) is 8.78 Å². The highest BCUT2D eigenvalue weighted by molar-refractivity contribution is 8.00. The van der Waals surface area contributed by atoms with Crippen LogP contribution in [0.1, 0.15) is 26.3 Å². The zero-order valence-electron chi connectivity index (χ0n) is 17.9. The molecule has 0 aliphatic carbocycles. The monoisotopic (exact) mass is 481 g/mol. The molecule has 0 bridgehead atoms. The Balaban J connectivity index is 2.16. The van der Waals surface area contributed by atoms with E-state index >= 15 is 4.39 Å². The third kappa shape index (κ3) is 5.31. The summed E-state index contributed by atoms with van der Waals surface area (Å²) >= 11 is 0.659. The first-order valence-electron chi connectivity index (χ1n) is 9.81. The molecule has 176 valence electrons. The molecule has 8 nitrogen and oxygen atoms in total. The van der Waals surface area contributed by atoms with Gasteiger partial charge in [-0.1, -0.05) is 6.07 Å². The van der Waals surface area contributed by atoms with Gasteiger partial charge >= 0.3 is 17.9 Å². The van der Waals surface area contributed by atoms with Gasteiger partial charge in [-0.2, -0.15) is 0 Å². The maximum Gasteiger partial charge on any atom is 0.303 e. The molecule has 0 radical (unpaired) electrons. The molecule has 0 amide bonds. The first-order chi connectivity index (χ1) is 15.5. The van der Waals surface area contributed by atoms with Crippen molar-refractivity contribution in [1.29, 1.82) is 0 Å². The van der Waals surface area contributed by atoms with Crippen molar-refractivity contribution in [2.24, 2.45) is 0 Å². The first kappa shape index (κ1) is 24.6. The van der Waals surface area contributed by atoms with Crippen LogP contribution in [0.2, 0.25) is 0 Å². The number of esters is 3. The normalized spacial score (nSPS) is 24.6. The fourth-order valence-electron chi connectivity index (χ4n) is 3.54. The quantitative estimate of drug-likeness (QED) is 0.509. The van der Waals surface area contributed by atoms with Crippen LogP contribution < -0.4 is 0 Å². The Bertz CT molecular complexity index is 1070. The van der Waals surface area contributed by atoms with Gasteiger partial charge in [-0.15, -0.1) is 11.8 Å². The minimum absolute atomic E-state index is 0.159. The standard InChI is InChI=1S/C22H21F2NO7S/c1-11(26)30-18-10-33-22(29,21(32-13(3)28)20(18)31-12(2)27)15-8-14(9-16(23)19(15)24)17-6-4-5-7-25-17/h4-9,18,20-21,29H,10H2,1-3H3/t18-,20+,21-,22-/m1/s1. The number of aromatic nitrogens is 1. The Morgan fingerprint density at radius 2 is 1.73 bits per heavy atom. The number of carbonyl (C=O) groups excluding carboxylic acids is 3.